The van der Waals surface area contributed by atoms with E-state index in [1.165, 1.54) is 0 Å². The van der Waals surface area contributed by atoms with Crippen molar-refractivity contribution in [1.29, 1.82) is 0 Å². The summed E-state index contributed by atoms with van der Waals surface area (Å²) in [5, 5.41) is 13.8. The Bertz CT molecular complexity index is 485. The van der Waals surface area contributed by atoms with E-state index >= 15 is 0 Å². The van der Waals surface area contributed by atoms with Crippen molar-refractivity contribution < 1.29 is 32.6 Å². The first-order chi connectivity index (χ1) is 12.1. The maximum atomic E-state index is 14.2. The fourth-order valence-electron chi connectivity index (χ4n) is 3.72. The Morgan fingerprint density at radius 3 is 1.63 bits per heavy atom. The zero-order chi connectivity index (χ0) is 21.7. The molecule has 1 N–H and O–H groups in total. The molecule has 0 bridgehead atoms. The number of alkyl carbamates (subject to hydrolysis) is 1. The predicted molar refractivity (Wildman–Crippen MR) is 100 cm³/mol. The average Bonchev–Trinajstić information content (AvgIpc) is 2.42. The molecule has 9 heteroatoms. The monoisotopic (exact) mass is 410 g/mol. The molecule has 0 aromatic heterocycles. The quantitative estimate of drug-likeness (QED) is 0.557. The molecular weight excluding hydrogens is 376 g/mol. The standard InChI is InChI=1S/C18H35F2NO5Si/c1-10(2)25-17(24)21-15(18(9,19)20)14(16(22)23)26-27(11(3)4,12(5)6)13(7)8/h10-15H,1-9H3,(H,21,24)(H,22,23)/p-1/t14-,15-/m1/s1. The Kier molecular flexibility index (Phi) is 9.37. The van der Waals surface area contributed by atoms with Crippen molar-refractivity contribution in [2.45, 2.75) is 103 Å². The number of ether oxygens (including phenoxy) is 1. The van der Waals surface area contributed by atoms with Gasteiger partial charge in [0.2, 0.25) is 8.32 Å². The van der Waals surface area contributed by atoms with Crippen molar-refractivity contribution in [2.24, 2.45) is 0 Å². The molecule has 27 heavy (non-hydrogen) atoms. The number of halogens is 2. The molecule has 0 aromatic rings. The molecule has 6 nitrogen and oxygen atoms in total. The summed E-state index contributed by atoms with van der Waals surface area (Å²) in [6.45, 7) is 15.1. The molecule has 0 rings (SSSR count). The summed E-state index contributed by atoms with van der Waals surface area (Å²) < 4.78 is 39.3. The molecule has 0 fully saturated rings. The highest BCUT2D eigenvalue weighted by molar-refractivity contribution is 6.77. The van der Waals surface area contributed by atoms with Crippen molar-refractivity contribution in [3.05, 3.63) is 0 Å². The molecule has 0 unspecified atom stereocenters. The molecule has 1 amide bonds. The van der Waals surface area contributed by atoms with Crippen LogP contribution in [0.5, 0.6) is 0 Å². The summed E-state index contributed by atoms with van der Waals surface area (Å²) >= 11 is 0. The van der Waals surface area contributed by atoms with Gasteiger partial charge in [-0.15, -0.1) is 0 Å². The molecule has 0 aliphatic heterocycles. The molecule has 0 radical (unpaired) electrons. The summed E-state index contributed by atoms with van der Waals surface area (Å²) in [4.78, 5) is 23.7. The molecule has 0 saturated carbocycles. The van der Waals surface area contributed by atoms with Gasteiger partial charge in [0.15, 0.2) is 0 Å². The number of amides is 1. The van der Waals surface area contributed by atoms with Crippen molar-refractivity contribution in [3.63, 3.8) is 0 Å². The largest absolute Gasteiger partial charge is 0.547 e. The Morgan fingerprint density at radius 2 is 1.37 bits per heavy atom. The highest BCUT2D eigenvalue weighted by atomic mass is 28.4. The van der Waals surface area contributed by atoms with Crippen LogP contribution >= 0.6 is 0 Å². The van der Waals surface area contributed by atoms with Crippen LogP contribution in [0.15, 0.2) is 0 Å². The molecule has 160 valence electrons. The Morgan fingerprint density at radius 1 is 0.963 bits per heavy atom. The first-order valence-corrected chi connectivity index (χ1v) is 11.4. The lowest BCUT2D eigenvalue weighted by Crippen LogP contribution is -2.64. The maximum absolute atomic E-state index is 14.2. The maximum Gasteiger partial charge on any atom is 0.407 e. The zero-order valence-electron chi connectivity index (χ0n) is 17.8. The van der Waals surface area contributed by atoms with Crippen LogP contribution in [-0.4, -0.2) is 44.6 Å². The second-order valence-electron chi connectivity index (χ2n) is 8.21. The Balaban J connectivity index is 6.05. The number of hydrogen-bond acceptors (Lipinski definition) is 5. The molecule has 2 atom stereocenters. The zero-order valence-corrected chi connectivity index (χ0v) is 18.8. The summed E-state index contributed by atoms with van der Waals surface area (Å²) in [6, 6.07) is -2.11. The fourth-order valence-corrected chi connectivity index (χ4v) is 9.21. The van der Waals surface area contributed by atoms with E-state index in [0.717, 1.165) is 0 Å². The number of hydrogen-bond donors (Lipinski definition) is 1. The second kappa shape index (κ2) is 9.82. The normalized spacial score (nSPS) is 15.4. The van der Waals surface area contributed by atoms with Crippen LogP contribution in [0.1, 0.15) is 62.3 Å². The molecule has 0 aromatic carbocycles. The lowest BCUT2D eigenvalue weighted by Gasteiger charge is -2.46. The van der Waals surface area contributed by atoms with E-state index in [4.69, 9.17) is 9.16 Å². The van der Waals surface area contributed by atoms with Crippen LogP contribution < -0.4 is 10.4 Å². The predicted octanol–water partition coefficient (Wildman–Crippen LogP) is 3.46. The van der Waals surface area contributed by atoms with Gasteiger partial charge in [0.1, 0.15) is 12.1 Å². The number of nitrogens with one attached hydrogen (secondary N) is 1. The summed E-state index contributed by atoms with van der Waals surface area (Å²) in [7, 11) is -2.82. The summed E-state index contributed by atoms with van der Waals surface area (Å²) in [5.41, 5.74) is -0.103. The number of carboxylic acid groups (broad SMARTS) is 1. The van der Waals surface area contributed by atoms with E-state index in [1.807, 2.05) is 46.9 Å². The van der Waals surface area contributed by atoms with Gasteiger partial charge in [0.25, 0.3) is 5.92 Å². The topological polar surface area (TPSA) is 87.7 Å². The number of aliphatic carboxylic acids is 1. The molecule has 0 spiro atoms. The van der Waals surface area contributed by atoms with E-state index in [-0.39, 0.29) is 16.6 Å². The van der Waals surface area contributed by atoms with E-state index in [0.29, 0.717) is 6.92 Å². The van der Waals surface area contributed by atoms with Crippen LogP contribution in [0.2, 0.25) is 16.6 Å². The molecule has 0 saturated heterocycles. The smallest absolute Gasteiger partial charge is 0.407 e. The number of rotatable bonds is 10. The van der Waals surface area contributed by atoms with Gasteiger partial charge in [-0.05, 0) is 30.5 Å². The second-order valence-corrected chi connectivity index (χ2v) is 13.6. The number of carbonyl (C=O) groups is 2. The summed E-state index contributed by atoms with van der Waals surface area (Å²) in [6.07, 6.45) is -3.67. The van der Waals surface area contributed by atoms with Gasteiger partial charge in [-0.3, -0.25) is 0 Å². The van der Waals surface area contributed by atoms with E-state index in [2.05, 4.69) is 0 Å². The Hall–Kier alpha value is -1.22. The molecular formula is C18H34F2NO5Si-. The fraction of sp³-hybridized carbons (Fsp3) is 0.889. The third-order valence-corrected chi connectivity index (χ3v) is 10.8. The van der Waals surface area contributed by atoms with E-state index in [1.54, 1.807) is 13.8 Å². The van der Waals surface area contributed by atoms with Gasteiger partial charge < -0.3 is 24.4 Å². The lowest BCUT2D eigenvalue weighted by atomic mass is 10.1. The number of carboxylic acids is 1. The third-order valence-electron chi connectivity index (χ3n) is 4.74. The van der Waals surface area contributed by atoms with Crippen molar-refractivity contribution in [1.82, 2.24) is 5.32 Å². The van der Waals surface area contributed by atoms with Gasteiger partial charge in [-0.25, -0.2) is 13.6 Å². The lowest BCUT2D eigenvalue weighted by molar-refractivity contribution is -0.317. The van der Waals surface area contributed by atoms with Crippen molar-refractivity contribution in [3.8, 4) is 0 Å². The van der Waals surface area contributed by atoms with Crippen LogP contribution in [0.3, 0.4) is 0 Å². The van der Waals surface area contributed by atoms with E-state index < -0.39 is 44.6 Å². The van der Waals surface area contributed by atoms with Gasteiger partial charge >= 0.3 is 6.09 Å². The van der Waals surface area contributed by atoms with Crippen molar-refractivity contribution in [2.75, 3.05) is 0 Å². The van der Waals surface area contributed by atoms with Gasteiger partial charge in [0.05, 0.1) is 12.1 Å². The Labute approximate surface area is 162 Å². The first kappa shape index (κ1) is 25.8. The summed E-state index contributed by atoms with van der Waals surface area (Å²) in [5.74, 6) is -5.35. The van der Waals surface area contributed by atoms with Crippen LogP contribution in [-0.2, 0) is 14.0 Å². The van der Waals surface area contributed by atoms with Crippen LogP contribution in [0.4, 0.5) is 13.6 Å². The minimum absolute atomic E-state index is 0.0342. The minimum Gasteiger partial charge on any atom is -0.547 e. The highest BCUT2D eigenvalue weighted by Crippen LogP contribution is 2.43. The van der Waals surface area contributed by atoms with Gasteiger partial charge in [-0.1, -0.05) is 41.5 Å². The minimum atomic E-state index is -3.56. The number of carbonyl (C=O) groups excluding carboxylic acids is 2. The third kappa shape index (κ3) is 6.71. The van der Waals surface area contributed by atoms with Gasteiger partial charge in [-0.2, -0.15) is 0 Å². The van der Waals surface area contributed by atoms with Gasteiger partial charge in [0, 0.05) is 6.92 Å². The molecule has 0 aliphatic rings. The van der Waals surface area contributed by atoms with E-state index in [9.17, 15) is 23.5 Å². The first-order valence-electron chi connectivity index (χ1n) is 9.30. The van der Waals surface area contributed by atoms with Crippen molar-refractivity contribution >= 4 is 20.4 Å². The molecule has 0 heterocycles. The van der Waals surface area contributed by atoms with Crippen LogP contribution in [0, 0.1) is 0 Å². The number of alkyl halides is 2. The molecule has 0 aliphatic carbocycles. The van der Waals surface area contributed by atoms with Crippen LogP contribution in [0.25, 0.3) is 0 Å². The average molecular weight is 411 g/mol. The SMILES string of the molecule is CC(C)OC(=O)N[C@H]([C@@H](O[Si](C(C)C)(C(C)C)C(C)C)C(=O)[O-])C(C)(F)F. The highest BCUT2D eigenvalue weighted by Gasteiger charge is 2.51.